The molecule has 2 rings (SSSR count). The Kier molecular flexibility index (Phi) is 4.53. The first-order valence-electron chi connectivity index (χ1n) is 6.32. The van der Waals surface area contributed by atoms with Crippen molar-refractivity contribution in [2.45, 2.75) is 20.0 Å². The number of ether oxygens (including phenoxy) is 2. The third-order valence-corrected chi connectivity index (χ3v) is 3.45. The Morgan fingerprint density at radius 2 is 1.85 bits per heavy atom. The topological polar surface area (TPSA) is 38.7 Å². The Labute approximate surface area is 123 Å². The van der Waals surface area contributed by atoms with Crippen LogP contribution in [0.3, 0.4) is 0 Å². The molecular weight excluding hydrogens is 276 g/mol. The van der Waals surface area contributed by atoms with Crippen LogP contribution in [0.25, 0.3) is 0 Å². The van der Waals surface area contributed by atoms with E-state index in [2.05, 4.69) is 0 Å². The fourth-order valence-corrected chi connectivity index (χ4v) is 2.13. The highest BCUT2D eigenvalue weighted by atomic mass is 35.5. The smallest absolute Gasteiger partial charge is 0.136 e. The summed E-state index contributed by atoms with van der Waals surface area (Å²) in [6.45, 7) is 3.59. The number of hydrogen-bond acceptors (Lipinski definition) is 3. The number of rotatable bonds is 4. The van der Waals surface area contributed by atoms with Crippen molar-refractivity contribution in [1.82, 2.24) is 0 Å². The predicted molar refractivity (Wildman–Crippen MR) is 79.9 cm³/mol. The van der Waals surface area contributed by atoms with Crippen molar-refractivity contribution >= 4 is 11.6 Å². The zero-order chi connectivity index (χ0) is 14.7. The largest absolute Gasteiger partial charge is 0.496 e. The van der Waals surface area contributed by atoms with E-state index in [9.17, 15) is 5.11 Å². The second-order valence-corrected chi connectivity index (χ2v) is 4.97. The van der Waals surface area contributed by atoms with Crippen LogP contribution in [0.1, 0.15) is 24.2 Å². The van der Waals surface area contributed by atoms with Gasteiger partial charge in [-0.3, -0.25) is 0 Å². The van der Waals surface area contributed by atoms with E-state index < -0.39 is 6.10 Å². The van der Waals surface area contributed by atoms with Crippen molar-refractivity contribution in [1.29, 1.82) is 0 Å². The molecule has 4 heteroatoms. The zero-order valence-electron chi connectivity index (χ0n) is 11.7. The summed E-state index contributed by atoms with van der Waals surface area (Å²) in [6, 6.07) is 10.8. The summed E-state index contributed by atoms with van der Waals surface area (Å²) in [6.07, 6.45) is -0.686. The van der Waals surface area contributed by atoms with Gasteiger partial charge >= 0.3 is 0 Å². The van der Waals surface area contributed by atoms with E-state index in [0.29, 0.717) is 27.8 Å². The second kappa shape index (κ2) is 6.16. The minimum atomic E-state index is -0.686. The van der Waals surface area contributed by atoms with Crippen LogP contribution in [-0.4, -0.2) is 12.2 Å². The molecule has 0 aliphatic rings. The van der Waals surface area contributed by atoms with Gasteiger partial charge < -0.3 is 14.6 Å². The predicted octanol–water partition coefficient (Wildman–Crippen LogP) is 4.50. The average molecular weight is 293 g/mol. The number of aliphatic hydroxyl groups is 1. The molecular formula is C16H17ClO3. The number of methoxy groups -OCH3 is 1. The van der Waals surface area contributed by atoms with Crippen molar-refractivity contribution in [2.75, 3.05) is 7.11 Å². The Balaban J connectivity index is 2.40. The first-order valence-corrected chi connectivity index (χ1v) is 6.69. The van der Waals surface area contributed by atoms with Crippen LogP contribution in [-0.2, 0) is 0 Å². The van der Waals surface area contributed by atoms with E-state index in [4.69, 9.17) is 21.1 Å². The molecule has 0 aliphatic carbocycles. The van der Waals surface area contributed by atoms with Gasteiger partial charge in [0.2, 0.25) is 0 Å². The average Bonchev–Trinajstić information content (AvgIpc) is 2.42. The molecule has 0 saturated heterocycles. The SMILES string of the molecule is COc1cccc(Oc2ccc(Cl)c(C)c2)c1[C@@H](C)O. The summed E-state index contributed by atoms with van der Waals surface area (Å²) in [7, 11) is 1.57. The number of aryl methyl sites for hydroxylation is 1. The lowest BCUT2D eigenvalue weighted by Crippen LogP contribution is -2.00. The molecule has 0 heterocycles. The number of halogens is 1. The molecule has 1 atom stereocenters. The highest BCUT2D eigenvalue weighted by Crippen LogP contribution is 2.36. The molecule has 3 nitrogen and oxygen atoms in total. The lowest BCUT2D eigenvalue weighted by molar-refractivity contribution is 0.190. The van der Waals surface area contributed by atoms with Gasteiger partial charge in [-0.2, -0.15) is 0 Å². The quantitative estimate of drug-likeness (QED) is 0.901. The number of hydrogen-bond donors (Lipinski definition) is 1. The zero-order valence-corrected chi connectivity index (χ0v) is 12.4. The van der Waals surface area contributed by atoms with Gasteiger partial charge in [0.05, 0.1) is 18.8 Å². The van der Waals surface area contributed by atoms with Gasteiger partial charge in [0.15, 0.2) is 0 Å². The fourth-order valence-electron chi connectivity index (χ4n) is 2.01. The summed E-state index contributed by atoms with van der Waals surface area (Å²) in [5.41, 5.74) is 1.56. The molecule has 0 radical (unpaired) electrons. The van der Waals surface area contributed by atoms with Gasteiger partial charge in [-0.1, -0.05) is 17.7 Å². The summed E-state index contributed by atoms with van der Waals surface area (Å²) < 4.78 is 11.1. The molecule has 0 amide bonds. The van der Waals surface area contributed by atoms with E-state index >= 15 is 0 Å². The van der Waals surface area contributed by atoms with E-state index in [-0.39, 0.29) is 0 Å². The molecule has 0 fully saturated rings. The van der Waals surface area contributed by atoms with Crippen LogP contribution >= 0.6 is 11.6 Å². The highest BCUT2D eigenvalue weighted by molar-refractivity contribution is 6.31. The molecule has 0 saturated carbocycles. The lowest BCUT2D eigenvalue weighted by Gasteiger charge is -2.16. The van der Waals surface area contributed by atoms with Gasteiger partial charge in [0.1, 0.15) is 17.2 Å². The number of aliphatic hydroxyl groups excluding tert-OH is 1. The maximum Gasteiger partial charge on any atom is 0.136 e. The Morgan fingerprint density at radius 3 is 2.45 bits per heavy atom. The number of benzene rings is 2. The van der Waals surface area contributed by atoms with Crippen LogP contribution in [0.15, 0.2) is 36.4 Å². The summed E-state index contributed by atoms with van der Waals surface area (Å²) in [5, 5.41) is 10.6. The Bertz CT molecular complexity index is 609. The first kappa shape index (κ1) is 14.7. The van der Waals surface area contributed by atoms with Crippen molar-refractivity contribution in [2.24, 2.45) is 0 Å². The molecule has 106 valence electrons. The monoisotopic (exact) mass is 292 g/mol. The summed E-state index contributed by atoms with van der Waals surface area (Å²) in [4.78, 5) is 0. The van der Waals surface area contributed by atoms with Crippen molar-refractivity contribution in [3.63, 3.8) is 0 Å². The normalized spacial score (nSPS) is 12.1. The van der Waals surface area contributed by atoms with E-state index in [1.54, 1.807) is 38.3 Å². The first-order chi connectivity index (χ1) is 9.52. The molecule has 1 N–H and O–H groups in total. The van der Waals surface area contributed by atoms with Gasteiger partial charge in [-0.25, -0.2) is 0 Å². The van der Waals surface area contributed by atoms with Crippen molar-refractivity contribution in [3.8, 4) is 17.2 Å². The molecule has 2 aromatic carbocycles. The second-order valence-electron chi connectivity index (χ2n) is 4.56. The maximum absolute atomic E-state index is 9.91. The minimum absolute atomic E-state index is 0.570. The molecule has 2 aromatic rings. The standard InChI is InChI=1S/C16H17ClO3/c1-10-9-12(7-8-13(10)17)20-15-6-4-5-14(19-3)16(15)11(2)18/h4-9,11,18H,1-3H3/t11-/m1/s1. The van der Waals surface area contributed by atoms with E-state index in [1.165, 1.54) is 0 Å². The molecule has 0 aliphatic heterocycles. The van der Waals surface area contributed by atoms with Gasteiger partial charge in [-0.05, 0) is 49.7 Å². The molecule has 0 aromatic heterocycles. The fraction of sp³-hybridized carbons (Fsp3) is 0.250. The third-order valence-electron chi connectivity index (χ3n) is 3.02. The molecule has 0 unspecified atom stereocenters. The van der Waals surface area contributed by atoms with Crippen molar-refractivity contribution < 1.29 is 14.6 Å². The van der Waals surface area contributed by atoms with Crippen LogP contribution in [0.4, 0.5) is 0 Å². The van der Waals surface area contributed by atoms with Gasteiger partial charge in [-0.15, -0.1) is 0 Å². The van der Waals surface area contributed by atoms with E-state index in [0.717, 1.165) is 5.56 Å². The third kappa shape index (κ3) is 3.06. The Morgan fingerprint density at radius 1 is 1.15 bits per heavy atom. The van der Waals surface area contributed by atoms with Crippen LogP contribution in [0.5, 0.6) is 17.2 Å². The molecule has 20 heavy (non-hydrogen) atoms. The molecule has 0 bridgehead atoms. The van der Waals surface area contributed by atoms with Crippen LogP contribution < -0.4 is 9.47 Å². The lowest BCUT2D eigenvalue weighted by atomic mass is 10.1. The Hall–Kier alpha value is -1.71. The van der Waals surface area contributed by atoms with Crippen LogP contribution in [0, 0.1) is 6.92 Å². The molecule has 0 spiro atoms. The van der Waals surface area contributed by atoms with Crippen molar-refractivity contribution in [3.05, 3.63) is 52.5 Å². The van der Waals surface area contributed by atoms with E-state index in [1.807, 2.05) is 19.1 Å². The van der Waals surface area contributed by atoms with Gasteiger partial charge in [0.25, 0.3) is 0 Å². The summed E-state index contributed by atoms with van der Waals surface area (Å²) in [5.74, 6) is 1.84. The van der Waals surface area contributed by atoms with Gasteiger partial charge in [0, 0.05) is 5.02 Å². The minimum Gasteiger partial charge on any atom is -0.496 e. The van der Waals surface area contributed by atoms with Crippen LogP contribution in [0.2, 0.25) is 5.02 Å². The highest BCUT2D eigenvalue weighted by Gasteiger charge is 2.16. The maximum atomic E-state index is 9.91. The summed E-state index contributed by atoms with van der Waals surface area (Å²) >= 11 is 6.00.